The van der Waals surface area contributed by atoms with Crippen LogP contribution in [-0.4, -0.2) is 35.2 Å². The molecule has 0 saturated heterocycles. The largest absolute Gasteiger partial charge is 0.475 e. The summed E-state index contributed by atoms with van der Waals surface area (Å²) >= 11 is 1.54. The van der Waals surface area contributed by atoms with Crippen LogP contribution in [0, 0.1) is 0 Å². The van der Waals surface area contributed by atoms with Gasteiger partial charge in [0.1, 0.15) is 5.60 Å². The van der Waals surface area contributed by atoms with Crippen LogP contribution in [0.15, 0.2) is 40.8 Å². The van der Waals surface area contributed by atoms with Crippen molar-refractivity contribution in [2.45, 2.75) is 45.9 Å². The first kappa shape index (κ1) is 23.6. The molecule has 2 rings (SSSR count). The number of ether oxygens (including phenoxy) is 1. The van der Waals surface area contributed by atoms with Gasteiger partial charge >= 0.3 is 0 Å². The van der Waals surface area contributed by atoms with Gasteiger partial charge in [0, 0.05) is 23.7 Å². The lowest BCUT2D eigenvalue weighted by atomic mass is 10.1. The van der Waals surface area contributed by atoms with Gasteiger partial charge in [0.2, 0.25) is 5.88 Å². The van der Waals surface area contributed by atoms with E-state index in [9.17, 15) is 5.11 Å². The predicted molar refractivity (Wildman–Crippen MR) is 122 cm³/mol. The fourth-order valence-corrected chi connectivity index (χ4v) is 3.04. The van der Waals surface area contributed by atoms with E-state index in [0.717, 1.165) is 17.0 Å². The summed E-state index contributed by atoms with van der Waals surface area (Å²) in [5.41, 5.74) is 0.0465. The molecule has 0 bridgehead atoms. The lowest BCUT2D eigenvalue weighted by Gasteiger charge is -2.23. The van der Waals surface area contributed by atoms with Gasteiger partial charge in [-0.05, 0) is 44.7 Å². The number of nitrogens with one attached hydrogen (secondary N) is 2. The average molecular weight is 504 g/mol. The fourth-order valence-electron chi connectivity index (χ4n) is 2.26. The molecule has 0 spiro atoms. The second kappa shape index (κ2) is 11.5. The van der Waals surface area contributed by atoms with Crippen molar-refractivity contribution in [2.75, 3.05) is 13.1 Å². The Balaban J connectivity index is 0.00000364. The summed E-state index contributed by atoms with van der Waals surface area (Å²) < 4.78 is 5.55. The fraction of sp³-hybridized carbons (Fsp3) is 0.474. The number of aromatic nitrogens is 1. The zero-order chi connectivity index (χ0) is 19.0. The van der Waals surface area contributed by atoms with E-state index in [2.05, 4.69) is 20.6 Å². The molecule has 0 aromatic carbocycles. The summed E-state index contributed by atoms with van der Waals surface area (Å²) in [5, 5.41) is 19.0. The van der Waals surface area contributed by atoms with E-state index < -0.39 is 5.60 Å². The van der Waals surface area contributed by atoms with Gasteiger partial charge in [-0.1, -0.05) is 12.1 Å². The van der Waals surface area contributed by atoms with Gasteiger partial charge in [-0.3, -0.25) is 0 Å². The Morgan fingerprint density at radius 1 is 1.33 bits per heavy atom. The maximum atomic E-state index is 10.6. The third kappa shape index (κ3) is 8.02. The standard InChI is InChI=1S/C19H28N4O2S.HI/c1-5-20-18(23-13-19(4,24)16-7-6-10-26-16)22-12-15-8-9-17(21-11-15)25-14(2)3;/h6-11,14,24H,5,12-13H2,1-4H3,(H2,20,22,23);1H. The molecular formula is C19H29IN4O2S. The zero-order valence-corrected chi connectivity index (χ0v) is 19.4. The van der Waals surface area contributed by atoms with E-state index >= 15 is 0 Å². The zero-order valence-electron chi connectivity index (χ0n) is 16.2. The van der Waals surface area contributed by atoms with Crippen LogP contribution in [0.2, 0.25) is 0 Å². The predicted octanol–water partition coefficient (Wildman–Crippen LogP) is 3.51. The Kier molecular flexibility index (Phi) is 10.0. The maximum absolute atomic E-state index is 10.6. The van der Waals surface area contributed by atoms with E-state index in [1.54, 1.807) is 24.5 Å². The molecule has 1 unspecified atom stereocenters. The van der Waals surface area contributed by atoms with Crippen LogP contribution in [0.4, 0.5) is 0 Å². The van der Waals surface area contributed by atoms with Gasteiger partial charge in [0.05, 0.1) is 19.2 Å². The van der Waals surface area contributed by atoms with E-state index in [0.29, 0.717) is 24.9 Å². The number of pyridine rings is 1. The molecule has 1 atom stereocenters. The molecule has 3 N–H and O–H groups in total. The van der Waals surface area contributed by atoms with E-state index in [1.165, 1.54) is 0 Å². The molecule has 2 aromatic rings. The summed E-state index contributed by atoms with van der Waals surface area (Å²) in [5.74, 6) is 1.27. The monoisotopic (exact) mass is 504 g/mol. The lowest BCUT2D eigenvalue weighted by molar-refractivity contribution is 0.0655. The van der Waals surface area contributed by atoms with Crippen molar-refractivity contribution < 1.29 is 9.84 Å². The van der Waals surface area contributed by atoms with Crippen molar-refractivity contribution in [1.82, 2.24) is 15.6 Å². The summed E-state index contributed by atoms with van der Waals surface area (Å²) in [6.07, 6.45) is 1.87. The van der Waals surface area contributed by atoms with Crippen LogP contribution in [-0.2, 0) is 12.1 Å². The molecule has 2 heterocycles. The van der Waals surface area contributed by atoms with E-state index in [-0.39, 0.29) is 30.1 Å². The van der Waals surface area contributed by atoms with Crippen LogP contribution in [0.25, 0.3) is 0 Å². The molecule has 0 aliphatic carbocycles. The highest BCUT2D eigenvalue weighted by Gasteiger charge is 2.24. The van der Waals surface area contributed by atoms with Crippen molar-refractivity contribution in [3.63, 3.8) is 0 Å². The number of hydrogen-bond acceptors (Lipinski definition) is 5. The Labute approximate surface area is 182 Å². The first-order chi connectivity index (χ1) is 12.4. The number of halogens is 1. The molecule has 0 fully saturated rings. The van der Waals surface area contributed by atoms with Crippen molar-refractivity contribution in [2.24, 2.45) is 4.99 Å². The number of guanidine groups is 1. The minimum atomic E-state index is -0.943. The highest BCUT2D eigenvalue weighted by Crippen LogP contribution is 2.24. The number of hydrogen-bond donors (Lipinski definition) is 3. The quantitative estimate of drug-likeness (QED) is 0.292. The minimum absolute atomic E-state index is 0. The third-order valence-corrected chi connectivity index (χ3v) is 4.69. The highest BCUT2D eigenvalue weighted by molar-refractivity contribution is 14.0. The third-order valence-electron chi connectivity index (χ3n) is 3.57. The second-order valence-electron chi connectivity index (χ2n) is 6.47. The summed E-state index contributed by atoms with van der Waals surface area (Å²) in [4.78, 5) is 9.78. The van der Waals surface area contributed by atoms with Gasteiger partial charge in [0.25, 0.3) is 0 Å². The molecular weight excluding hydrogens is 475 g/mol. The number of rotatable bonds is 8. The smallest absolute Gasteiger partial charge is 0.213 e. The lowest BCUT2D eigenvalue weighted by Crippen LogP contribution is -2.44. The molecule has 2 aromatic heterocycles. The van der Waals surface area contributed by atoms with Crippen LogP contribution in [0.5, 0.6) is 5.88 Å². The molecule has 150 valence electrons. The van der Waals surface area contributed by atoms with Crippen LogP contribution in [0.3, 0.4) is 0 Å². The number of nitrogens with zero attached hydrogens (tertiary/aromatic N) is 2. The topological polar surface area (TPSA) is 78.8 Å². The molecule has 27 heavy (non-hydrogen) atoms. The average Bonchev–Trinajstić information content (AvgIpc) is 3.14. The Hall–Kier alpha value is -1.39. The molecule has 0 aliphatic rings. The molecule has 0 radical (unpaired) electrons. The van der Waals surface area contributed by atoms with E-state index in [1.807, 2.05) is 50.4 Å². The van der Waals surface area contributed by atoms with Crippen molar-refractivity contribution in [3.8, 4) is 5.88 Å². The van der Waals surface area contributed by atoms with Gasteiger partial charge in [-0.25, -0.2) is 9.98 Å². The van der Waals surface area contributed by atoms with Gasteiger partial charge < -0.3 is 20.5 Å². The van der Waals surface area contributed by atoms with Crippen molar-refractivity contribution in [3.05, 3.63) is 46.3 Å². The molecule has 0 aliphatic heterocycles. The first-order valence-corrected chi connectivity index (χ1v) is 9.69. The number of thiophene rings is 1. The summed E-state index contributed by atoms with van der Waals surface area (Å²) in [6.45, 7) is 9.36. The molecule has 0 amide bonds. The van der Waals surface area contributed by atoms with Crippen LogP contribution >= 0.6 is 35.3 Å². The summed E-state index contributed by atoms with van der Waals surface area (Å²) in [7, 11) is 0. The molecule has 8 heteroatoms. The summed E-state index contributed by atoms with van der Waals surface area (Å²) in [6, 6.07) is 7.68. The maximum Gasteiger partial charge on any atom is 0.213 e. The number of aliphatic imine (C=N–C) groups is 1. The molecule has 6 nitrogen and oxygen atoms in total. The molecule has 0 saturated carbocycles. The van der Waals surface area contributed by atoms with E-state index in [4.69, 9.17) is 4.74 Å². The van der Waals surface area contributed by atoms with Gasteiger partial charge in [-0.15, -0.1) is 35.3 Å². The number of aliphatic hydroxyl groups is 1. The first-order valence-electron chi connectivity index (χ1n) is 8.81. The van der Waals surface area contributed by atoms with Gasteiger partial charge in [-0.2, -0.15) is 0 Å². The Morgan fingerprint density at radius 3 is 2.67 bits per heavy atom. The highest BCUT2D eigenvalue weighted by atomic mass is 127. The van der Waals surface area contributed by atoms with Crippen LogP contribution in [0.1, 0.15) is 38.1 Å². The van der Waals surface area contributed by atoms with Gasteiger partial charge in [0.15, 0.2) is 5.96 Å². The second-order valence-corrected chi connectivity index (χ2v) is 7.42. The van der Waals surface area contributed by atoms with Crippen LogP contribution < -0.4 is 15.4 Å². The normalized spacial score (nSPS) is 13.6. The SMILES string of the molecule is CCNC(=NCc1ccc(OC(C)C)nc1)NCC(C)(O)c1cccs1.I. The minimum Gasteiger partial charge on any atom is -0.475 e. The van der Waals surface area contributed by atoms with Crippen molar-refractivity contribution in [1.29, 1.82) is 0 Å². The Bertz CT molecular complexity index is 688. The van der Waals surface area contributed by atoms with Crippen molar-refractivity contribution >= 4 is 41.3 Å². The Morgan fingerprint density at radius 2 is 2.11 bits per heavy atom.